The number of nitrogens with one attached hydrogen (secondary N) is 1. The molecule has 0 atom stereocenters. The summed E-state index contributed by atoms with van der Waals surface area (Å²) < 4.78 is 1.65. The van der Waals surface area contributed by atoms with E-state index in [9.17, 15) is 24.5 Å². The van der Waals surface area contributed by atoms with E-state index < -0.39 is 22.8 Å². The van der Waals surface area contributed by atoms with Gasteiger partial charge in [0.2, 0.25) is 0 Å². The number of anilines is 1. The number of nitrogens with zero attached hydrogens (tertiary/aromatic N) is 4. The van der Waals surface area contributed by atoms with Crippen LogP contribution in [0, 0.1) is 10.1 Å². The van der Waals surface area contributed by atoms with Gasteiger partial charge in [0.15, 0.2) is 0 Å². The zero-order valence-corrected chi connectivity index (χ0v) is 15.3. The Balaban J connectivity index is 1.72. The van der Waals surface area contributed by atoms with Crippen LogP contribution in [0.25, 0.3) is 11.8 Å². The molecule has 1 N–H and O–H groups in total. The second-order valence-corrected chi connectivity index (χ2v) is 6.25. The first kappa shape index (κ1) is 18.7. The smallest absolute Gasteiger partial charge is 0.317 e. The Morgan fingerprint density at radius 2 is 1.77 bits per heavy atom. The van der Waals surface area contributed by atoms with Crippen LogP contribution in [0.4, 0.5) is 16.2 Å². The van der Waals surface area contributed by atoms with Crippen LogP contribution in [0.1, 0.15) is 5.69 Å². The average Bonchev–Trinajstić information content (AvgIpc) is 3.20. The van der Waals surface area contributed by atoms with Crippen LogP contribution in [0.3, 0.4) is 0 Å². The van der Waals surface area contributed by atoms with E-state index >= 15 is 0 Å². The number of aromatic nitrogens is 2. The van der Waals surface area contributed by atoms with E-state index in [1.54, 1.807) is 41.1 Å². The van der Waals surface area contributed by atoms with Gasteiger partial charge >= 0.3 is 6.03 Å². The number of carbonyl (C=O) groups is 3. The molecule has 1 aliphatic rings. The number of nitro benzene ring substituents is 1. The van der Waals surface area contributed by atoms with E-state index in [4.69, 9.17) is 0 Å². The lowest BCUT2D eigenvalue weighted by Gasteiger charge is -2.26. The number of carbonyl (C=O) groups excluding carboxylic acids is 3. The molecule has 4 rings (SSSR count). The third-order valence-electron chi connectivity index (χ3n) is 4.42. The van der Waals surface area contributed by atoms with Gasteiger partial charge in [-0.1, -0.05) is 0 Å². The van der Waals surface area contributed by atoms with Gasteiger partial charge < -0.3 is 4.57 Å². The molecule has 0 radical (unpaired) electrons. The Bertz CT molecular complexity index is 1200. The molecule has 2 aromatic heterocycles. The molecule has 148 valence electrons. The predicted molar refractivity (Wildman–Crippen MR) is 106 cm³/mol. The fourth-order valence-electron chi connectivity index (χ4n) is 3.01. The van der Waals surface area contributed by atoms with E-state index in [2.05, 4.69) is 10.3 Å². The summed E-state index contributed by atoms with van der Waals surface area (Å²) in [6, 6.07) is 11.4. The Kier molecular flexibility index (Phi) is 4.64. The second-order valence-electron chi connectivity index (χ2n) is 6.25. The highest BCUT2D eigenvalue weighted by Crippen LogP contribution is 2.23. The van der Waals surface area contributed by atoms with Gasteiger partial charge in [-0.3, -0.25) is 30.0 Å². The van der Waals surface area contributed by atoms with Gasteiger partial charge in [0, 0.05) is 35.9 Å². The molecule has 0 saturated carbocycles. The summed E-state index contributed by atoms with van der Waals surface area (Å²) in [5.41, 5.74) is 1.01. The number of benzene rings is 1. The lowest BCUT2D eigenvalue weighted by molar-refractivity contribution is -0.384. The number of non-ortho nitro benzene ring substituents is 1. The van der Waals surface area contributed by atoms with Crippen molar-refractivity contribution < 1.29 is 19.3 Å². The summed E-state index contributed by atoms with van der Waals surface area (Å²) in [7, 11) is 0. The number of hydrogen-bond acceptors (Lipinski definition) is 6. The molecule has 1 fully saturated rings. The van der Waals surface area contributed by atoms with Gasteiger partial charge in [-0.15, -0.1) is 0 Å². The standard InChI is InChI=1S/C20H13N5O5/c26-18-17(19(27)24(20(28)22-18)16-3-1-9-21-12-16)11-15-4-2-10-23(15)13-5-7-14(8-6-13)25(29)30/h1-12H,(H,22,26,28)/b17-11+. The highest BCUT2D eigenvalue weighted by molar-refractivity contribution is 6.39. The van der Waals surface area contributed by atoms with E-state index in [0.29, 0.717) is 11.4 Å². The van der Waals surface area contributed by atoms with Crippen LogP contribution < -0.4 is 10.2 Å². The molecule has 10 heteroatoms. The summed E-state index contributed by atoms with van der Waals surface area (Å²) in [6.07, 6.45) is 5.87. The largest absolute Gasteiger partial charge is 0.336 e. The molecule has 1 aliphatic heterocycles. The molecule has 0 bridgehead atoms. The SMILES string of the molecule is O=C1NC(=O)N(c2cccnc2)C(=O)/C1=C/c1cccn1-c1ccc([N+](=O)[O-])cc1. The maximum atomic E-state index is 12.9. The second kappa shape index (κ2) is 7.43. The molecular formula is C20H13N5O5. The van der Waals surface area contributed by atoms with Crippen molar-refractivity contribution in [2.24, 2.45) is 0 Å². The van der Waals surface area contributed by atoms with Crippen molar-refractivity contribution >= 4 is 35.3 Å². The molecule has 1 saturated heterocycles. The molecule has 3 heterocycles. The minimum Gasteiger partial charge on any atom is -0.317 e. The zero-order valence-electron chi connectivity index (χ0n) is 15.3. The fourth-order valence-corrected chi connectivity index (χ4v) is 3.01. The van der Waals surface area contributed by atoms with Crippen molar-refractivity contribution in [3.05, 3.63) is 88.5 Å². The number of nitro groups is 1. The van der Waals surface area contributed by atoms with E-state index in [1.807, 2.05) is 0 Å². The monoisotopic (exact) mass is 403 g/mol. The van der Waals surface area contributed by atoms with Crippen LogP contribution in [0.2, 0.25) is 0 Å². The minimum absolute atomic E-state index is 0.0572. The van der Waals surface area contributed by atoms with Crippen molar-refractivity contribution in [2.45, 2.75) is 0 Å². The van der Waals surface area contributed by atoms with Gasteiger partial charge in [-0.05, 0) is 42.5 Å². The molecule has 0 aliphatic carbocycles. The molecular weight excluding hydrogens is 390 g/mol. The summed E-state index contributed by atoms with van der Waals surface area (Å²) >= 11 is 0. The Morgan fingerprint density at radius 1 is 1.00 bits per heavy atom. The molecule has 1 aromatic carbocycles. The first-order valence-corrected chi connectivity index (χ1v) is 8.69. The van der Waals surface area contributed by atoms with Gasteiger partial charge in [-0.2, -0.15) is 0 Å². The van der Waals surface area contributed by atoms with E-state index in [-0.39, 0.29) is 16.9 Å². The van der Waals surface area contributed by atoms with E-state index in [1.165, 1.54) is 36.7 Å². The average molecular weight is 403 g/mol. The van der Waals surface area contributed by atoms with Crippen molar-refractivity contribution in [1.82, 2.24) is 14.9 Å². The number of pyridine rings is 1. The van der Waals surface area contributed by atoms with Crippen molar-refractivity contribution in [2.75, 3.05) is 4.90 Å². The summed E-state index contributed by atoms with van der Waals surface area (Å²) in [5, 5.41) is 13.0. The van der Waals surface area contributed by atoms with Gasteiger partial charge in [0.05, 0.1) is 16.8 Å². The van der Waals surface area contributed by atoms with Crippen LogP contribution in [0.5, 0.6) is 0 Å². The maximum absolute atomic E-state index is 12.9. The van der Waals surface area contributed by atoms with Crippen molar-refractivity contribution in [3.63, 3.8) is 0 Å². The van der Waals surface area contributed by atoms with Crippen LogP contribution in [-0.2, 0) is 9.59 Å². The minimum atomic E-state index is -0.860. The highest BCUT2D eigenvalue weighted by atomic mass is 16.6. The van der Waals surface area contributed by atoms with Gasteiger partial charge in [0.25, 0.3) is 17.5 Å². The zero-order chi connectivity index (χ0) is 21.3. The molecule has 0 spiro atoms. The van der Waals surface area contributed by atoms with Gasteiger partial charge in [0.1, 0.15) is 5.57 Å². The van der Waals surface area contributed by atoms with E-state index in [0.717, 1.165) is 4.90 Å². The Morgan fingerprint density at radius 3 is 2.43 bits per heavy atom. The van der Waals surface area contributed by atoms with Crippen molar-refractivity contribution in [1.29, 1.82) is 0 Å². The maximum Gasteiger partial charge on any atom is 0.336 e. The third-order valence-corrected chi connectivity index (χ3v) is 4.42. The Labute approximate surface area is 169 Å². The molecule has 10 nitrogen and oxygen atoms in total. The molecule has 4 amide bonds. The first-order chi connectivity index (χ1) is 14.5. The Hall–Kier alpha value is -4.60. The first-order valence-electron chi connectivity index (χ1n) is 8.69. The van der Waals surface area contributed by atoms with Gasteiger partial charge in [-0.25, -0.2) is 9.69 Å². The van der Waals surface area contributed by atoms with Crippen LogP contribution in [0.15, 0.2) is 72.7 Å². The van der Waals surface area contributed by atoms with Crippen LogP contribution >= 0.6 is 0 Å². The molecule has 3 aromatic rings. The number of imide groups is 2. The van der Waals surface area contributed by atoms with Crippen molar-refractivity contribution in [3.8, 4) is 5.69 Å². The van der Waals surface area contributed by atoms with Crippen LogP contribution in [-0.4, -0.2) is 32.3 Å². The topological polar surface area (TPSA) is 127 Å². The lowest BCUT2D eigenvalue weighted by atomic mass is 10.1. The summed E-state index contributed by atoms with van der Waals surface area (Å²) in [5.74, 6) is -1.60. The molecule has 30 heavy (non-hydrogen) atoms. The number of amides is 4. The molecule has 0 unspecified atom stereocenters. The number of urea groups is 1. The number of rotatable bonds is 4. The fraction of sp³-hybridized carbons (Fsp3) is 0. The summed E-state index contributed by atoms with van der Waals surface area (Å²) in [4.78, 5) is 52.5. The summed E-state index contributed by atoms with van der Waals surface area (Å²) in [6.45, 7) is 0. The predicted octanol–water partition coefficient (Wildman–Crippen LogP) is 2.45. The lowest BCUT2D eigenvalue weighted by Crippen LogP contribution is -2.54. The number of barbiturate groups is 1. The quantitative estimate of drug-likeness (QED) is 0.308. The number of hydrogen-bond donors (Lipinski definition) is 1. The highest BCUT2D eigenvalue weighted by Gasteiger charge is 2.37. The third kappa shape index (κ3) is 3.33. The normalized spacial score (nSPS) is 15.4.